The van der Waals surface area contributed by atoms with Crippen LogP contribution in [0, 0.1) is 5.41 Å². The second-order valence-electron chi connectivity index (χ2n) is 6.75. The minimum absolute atomic E-state index is 0.475. The second kappa shape index (κ2) is 9.15. The summed E-state index contributed by atoms with van der Waals surface area (Å²) in [6, 6.07) is 5.81. The molecule has 0 aliphatic rings. The van der Waals surface area contributed by atoms with Gasteiger partial charge in [0, 0.05) is 25.6 Å². The maximum Gasteiger partial charge on any atom is 0.309 e. The van der Waals surface area contributed by atoms with E-state index in [1.807, 2.05) is 18.2 Å². The summed E-state index contributed by atoms with van der Waals surface area (Å²) in [5.74, 6) is 1.29. The summed E-state index contributed by atoms with van der Waals surface area (Å²) in [6.45, 7) is 4.29. The van der Waals surface area contributed by atoms with Crippen molar-refractivity contribution in [2.24, 2.45) is 5.41 Å². The van der Waals surface area contributed by atoms with Gasteiger partial charge in [-0.1, -0.05) is 17.6 Å². The molecule has 2 heterocycles. The number of nitrogens with zero attached hydrogens (tertiary/aromatic N) is 3. The zero-order chi connectivity index (χ0) is 18.1. The molecular weight excluding hydrogens is 320 g/mol. The third-order valence-corrected chi connectivity index (χ3v) is 4.10. The number of carboxylic acid groups (broad SMARTS) is 1. The average Bonchev–Trinajstić information content (AvgIpc) is 3.05. The number of hydrogen-bond donors (Lipinski definition) is 2. The van der Waals surface area contributed by atoms with Crippen LogP contribution in [0.5, 0.6) is 0 Å². The number of aromatic nitrogens is 3. The van der Waals surface area contributed by atoms with Gasteiger partial charge in [-0.05, 0) is 45.2 Å². The molecule has 0 atom stereocenters. The summed E-state index contributed by atoms with van der Waals surface area (Å²) < 4.78 is 5.20. The highest BCUT2D eigenvalue weighted by molar-refractivity contribution is 5.73. The number of hydrogen-bond acceptors (Lipinski definition) is 6. The van der Waals surface area contributed by atoms with E-state index in [9.17, 15) is 4.79 Å². The summed E-state index contributed by atoms with van der Waals surface area (Å²) in [5, 5.41) is 16.4. The van der Waals surface area contributed by atoms with Crippen LogP contribution >= 0.6 is 0 Å². The Kier molecular flexibility index (Phi) is 6.91. The first-order valence-corrected chi connectivity index (χ1v) is 8.67. The van der Waals surface area contributed by atoms with Gasteiger partial charge < -0.3 is 14.9 Å². The van der Waals surface area contributed by atoms with E-state index in [1.54, 1.807) is 20.0 Å². The minimum Gasteiger partial charge on any atom is -0.481 e. The highest BCUT2D eigenvalue weighted by atomic mass is 16.5. The Hall–Kier alpha value is -2.44. The molecule has 7 heteroatoms. The van der Waals surface area contributed by atoms with E-state index < -0.39 is 11.4 Å². The molecule has 0 spiro atoms. The molecule has 0 aliphatic heterocycles. The quantitative estimate of drug-likeness (QED) is 0.602. The van der Waals surface area contributed by atoms with Gasteiger partial charge in [0.25, 0.3) is 0 Å². The lowest BCUT2D eigenvalue weighted by atomic mass is 9.88. The van der Waals surface area contributed by atoms with Crippen LogP contribution in [0.1, 0.15) is 51.2 Å². The van der Waals surface area contributed by atoms with Gasteiger partial charge in [-0.3, -0.25) is 4.79 Å². The molecule has 0 aromatic carbocycles. The number of aryl methyl sites for hydroxylation is 2. The fourth-order valence-electron chi connectivity index (χ4n) is 2.29. The fourth-order valence-corrected chi connectivity index (χ4v) is 2.29. The fraction of sp³-hybridized carbons (Fsp3) is 0.556. The van der Waals surface area contributed by atoms with Crippen LogP contribution in [-0.4, -0.2) is 32.7 Å². The largest absolute Gasteiger partial charge is 0.481 e. The highest BCUT2D eigenvalue weighted by Gasteiger charge is 2.27. The van der Waals surface area contributed by atoms with Gasteiger partial charge in [0.2, 0.25) is 5.89 Å². The van der Waals surface area contributed by atoms with Crippen LogP contribution in [0.3, 0.4) is 0 Å². The number of anilines is 1. The predicted octanol–water partition coefficient (Wildman–Crippen LogP) is 3.33. The van der Waals surface area contributed by atoms with Crippen molar-refractivity contribution in [3.05, 3.63) is 36.1 Å². The Morgan fingerprint density at radius 1 is 1.24 bits per heavy atom. The van der Waals surface area contributed by atoms with Crippen molar-refractivity contribution in [3.8, 4) is 0 Å². The molecule has 0 radical (unpaired) electrons. The van der Waals surface area contributed by atoms with Gasteiger partial charge in [-0.15, -0.1) is 0 Å². The summed E-state index contributed by atoms with van der Waals surface area (Å²) in [7, 11) is 0. The van der Waals surface area contributed by atoms with Gasteiger partial charge in [-0.2, -0.15) is 4.98 Å². The summed E-state index contributed by atoms with van der Waals surface area (Å²) >= 11 is 0. The Bertz CT molecular complexity index is 655. The van der Waals surface area contributed by atoms with E-state index in [1.165, 1.54) is 0 Å². The van der Waals surface area contributed by atoms with E-state index >= 15 is 0 Å². The van der Waals surface area contributed by atoms with Crippen molar-refractivity contribution in [1.29, 1.82) is 0 Å². The zero-order valence-electron chi connectivity index (χ0n) is 14.9. The van der Waals surface area contributed by atoms with Crippen LogP contribution in [0.2, 0.25) is 0 Å². The molecule has 0 aliphatic carbocycles. The molecule has 136 valence electrons. The van der Waals surface area contributed by atoms with Crippen molar-refractivity contribution >= 4 is 11.8 Å². The molecular formula is C18H26N4O3. The minimum atomic E-state index is -0.813. The standard InChI is InChI=1S/C18H26N4O3/c1-18(2,17(23)24)11-10-16-21-15(22-25-16)9-4-3-6-12-19-14-8-5-7-13-20-14/h5,7-8,13H,3-4,6,9-12H2,1-2H3,(H,19,20)(H,23,24). The van der Waals surface area contributed by atoms with Crippen LogP contribution in [0.15, 0.2) is 28.9 Å². The van der Waals surface area contributed by atoms with Crippen LogP contribution in [-0.2, 0) is 17.6 Å². The van der Waals surface area contributed by atoms with Gasteiger partial charge in [-0.25, -0.2) is 4.98 Å². The maximum absolute atomic E-state index is 11.1. The van der Waals surface area contributed by atoms with E-state index in [-0.39, 0.29) is 0 Å². The van der Waals surface area contributed by atoms with E-state index in [4.69, 9.17) is 9.63 Å². The lowest BCUT2D eigenvalue weighted by molar-refractivity contribution is -0.147. The normalized spacial score (nSPS) is 11.4. The Balaban J connectivity index is 1.60. The smallest absolute Gasteiger partial charge is 0.309 e. The van der Waals surface area contributed by atoms with E-state index in [0.29, 0.717) is 24.6 Å². The molecule has 0 saturated carbocycles. The van der Waals surface area contributed by atoms with E-state index in [2.05, 4.69) is 20.4 Å². The third kappa shape index (κ3) is 6.52. The van der Waals surface area contributed by atoms with Crippen LogP contribution < -0.4 is 5.32 Å². The third-order valence-electron chi connectivity index (χ3n) is 4.10. The lowest BCUT2D eigenvalue weighted by Crippen LogP contribution is -2.24. The molecule has 0 saturated heterocycles. The average molecular weight is 346 g/mol. The molecule has 2 aromatic heterocycles. The number of carboxylic acids is 1. The highest BCUT2D eigenvalue weighted by Crippen LogP contribution is 2.22. The van der Waals surface area contributed by atoms with Crippen molar-refractivity contribution in [2.75, 3.05) is 11.9 Å². The maximum atomic E-state index is 11.1. The predicted molar refractivity (Wildman–Crippen MR) is 94.3 cm³/mol. The van der Waals surface area contributed by atoms with Gasteiger partial charge >= 0.3 is 5.97 Å². The summed E-state index contributed by atoms with van der Waals surface area (Å²) in [6.07, 6.45) is 6.61. The molecule has 2 rings (SSSR count). The SMILES string of the molecule is CC(C)(CCc1nc(CCCCCNc2ccccn2)no1)C(=O)O. The molecule has 25 heavy (non-hydrogen) atoms. The number of unbranched alkanes of at least 4 members (excludes halogenated alkanes) is 2. The summed E-state index contributed by atoms with van der Waals surface area (Å²) in [5.41, 5.74) is -0.782. The zero-order valence-corrected chi connectivity index (χ0v) is 14.9. The van der Waals surface area contributed by atoms with Crippen molar-refractivity contribution in [1.82, 2.24) is 15.1 Å². The topological polar surface area (TPSA) is 101 Å². The van der Waals surface area contributed by atoms with Crippen LogP contribution in [0.4, 0.5) is 5.82 Å². The van der Waals surface area contributed by atoms with Crippen LogP contribution in [0.25, 0.3) is 0 Å². The molecule has 7 nitrogen and oxygen atoms in total. The summed E-state index contributed by atoms with van der Waals surface area (Å²) in [4.78, 5) is 19.6. The molecule has 0 bridgehead atoms. The molecule has 0 fully saturated rings. The first-order valence-electron chi connectivity index (χ1n) is 8.67. The lowest BCUT2D eigenvalue weighted by Gasteiger charge is -2.17. The first kappa shape index (κ1) is 18.9. The van der Waals surface area contributed by atoms with Gasteiger partial charge in [0.05, 0.1) is 5.41 Å². The Labute approximate surface area is 147 Å². The van der Waals surface area contributed by atoms with Crippen molar-refractivity contribution < 1.29 is 14.4 Å². The Morgan fingerprint density at radius 2 is 2.08 bits per heavy atom. The number of aliphatic carboxylic acids is 1. The van der Waals surface area contributed by atoms with Crippen molar-refractivity contribution in [3.63, 3.8) is 0 Å². The monoisotopic (exact) mass is 346 g/mol. The van der Waals surface area contributed by atoms with Gasteiger partial charge in [0.1, 0.15) is 5.82 Å². The molecule has 2 N–H and O–H groups in total. The number of carbonyl (C=O) groups is 1. The Morgan fingerprint density at radius 3 is 2.80 bits per heavy atom. The number of rotatable bonds is 11. The molecule has 0 amide bonds. The van der Waals surface area contributed by atoms with E-state index in [0.717, 1.165) is 38.0 Å². The number of pyridine rings is 1. The molecule has 2 aromatic rings. The number of nitrogens with one attached hydrogen (secondary N) is 1. The van der Waals surface area contributed by atoms with Gasteiger partial charge in [0.15, 0.2) is 5.82 Å². The second-order valence-corrected chi connectivity index (χ2v) is 6.75. The first-order chi connectivity index (χ1) is 12.0. The molecule has 0 unspecified atom stereocenters. The van der Waals surface area contributed by atoms with Crippen molar-refractivity contribution in [2.45, 2.75) is 52.4 Å².